The van der Waals surface area contributed by atoms with Crippen molar-refractivity contribution in [3.63, 3.8) is 0 Å². The summed E-state index contributed by atoms with van der Waals surface area (Å²) in [6.45, 7) is 7.60. The van der Waals surface area contributed by atoms with E-state index in [0.29, 0.717) is 27.6 Å². The number of aromatic amines is 1. The van der Waals surface area contributed by atoms with E-state index in [1.807, 2.05) is 20.8 Å². The summed E-state index contributed by atoms with van der Waals surface area (Å²) in [4.78, 5) is 51.9. The Morgan fingerprint density at radius 3 is 2.50 bits per heavy atom. The number of H-pyrrole nitrogens is 1. The Labute approximate surface area is 219 Å². The average Bonchev–Trinajstić information content (AvgIpc) is 3.15. The zero-order valence-electron chi connectivity index (χ0n) is 20.7. The number of carbonyl (C=O) groups excluding carboxylic acids is 2. The Hall–Kier alpha value is -2.62. The molecule has 2 aromatic rings. The second-order valence-corrected chi connectivity index (χ2v) is 10.8. The van der Waals surface area contributed by atoms with Gasteiger partial charge in [0.15, 0.2) is 0 Å². The first-order chi connectivity index (χ1) is 16.9. The first kappa shape index (κ1) is 28.0. The number of hydrogen-bond donors (Lipinski definition) is 2. The van der Waals surface area contributed by atoms with Crippen molar-refractivity contribution in [1.29, 1.82) is 0 Å². The summed E-state index contributed by atoms with van der Waals surface area (Å²) in [6, 6.07) is 4.99. The molecule has 1 aliphatic rings. The summed E-state index contributed by atoms with van der Waals surface area (Å²) in [5.41, 5.74) is -0.428. The molecule has 9 nitrogen and oxygen atoms in total. The van der Waals surface area contributed by atoms with Crippen LogP contribution in [0.5, 0.6) is 0 Å². The molecule has 1 aromatic carbocycles. The monoisotopic (exact) mass is 539 g/mol. The molecule has 0 bridgehead atoms. The lowest BCUT2D eigenvalue weighted by atomic mass is 9.92. The van der Waals surface area contributed by atoms with Crippen molar-refractivity contribution in [2.75, 3.05) is 6.54 Å². The van der Waals surface area contributed by atoms with Crippen molar-refractivity contribution in [3.05, 3.63) is 66.4 Å². The predicted molar refractivity (Wildman–Crippen MR) is 136 cm³/mol. The number of aryl methyl sites for hydroxylation is 1. The largest absolute Gasteiger partial charge is 0.459 e. The van der Waals surface area contributed by atoms with Gasteiger partial charge in [-0.25, -0.2) is 4.79 Å². The number of carbonyl (C=O) groups is 2. The third-order valence-electron chi connectivity index (χ3n) is 5.77. The molecule has 1 fully saturated rings. The van der Waals surface area contributed by atoms with E-state index in [0.717, 1.165) is 0 Å². The van der Waals surface area contributed by atoms with Crippen molar-refractivity contribution in [2.24, 2.45) is 5.41 Å². The van der Waals surface area contributed by atoms with E-state index in [9.17, 15) is 19.2 Å². The van der Waals surface area contributed by atoms with E-state index in [-0.39, 0.29) is 37.1 Å². The lowest BCUT2D eigenvalue weighted by molar-refractivity contribution is -0.154. The highest BCUT2D eigenvalue weighted by atomic mass is 35.5. The molecule has 1 amide bonds. The second-order valence-electron chi connectivity index (χ2n) is 9.99. The third-order valence-corrected chi connectivity index (χ3v) is 6.48. The maximum atomic E-state index is 12.6. The van der Waals surface area contributed by atoms with Crippen molar-refractivity contribution in [1.82, 2.24) is 14.9 Å². The van der Waals surface area contributed by atoms with Crippen LogP contribution in [0.15, 0.2) is 34.0 Å². The lowest BCUT2D eigenvalue weighted by Crippen LogP contribution is -2.40. The summed E-state index contributed by atoms with van der Waals surface area (Å²) in [7, 11) is 0. The average molecular weight is 540 g/mol. The second kappa shape index (κ2) is 11.6. The fourth-order valence-corrected chi connectivity index (χ4v) is 4.48. The maximum Gasteiger partial charge on any atom is 0.330 e. The molecule has 196 valence electrons. The molecule has 1 saturated heterocycles. The molecule has 0 unspecified atom stereocenters. The van der Waals surface area contributed by atoms with Crippen LogP contribution in [0.25, 0.3) is 0 Å². The summed E-state index contributed by atoms with van der Waals surface area (Å²) < 4.78 is 13.1. The van der Waals surface area contributed by atoms with Gasteiger partial charge in [-0.2, -0.15) is 0 Å². The Morgan fingerprint density at radius 1 is 1.22 bits per heavy atom. The first-order valence-corrected chi connectivity index (χ1v) is 12.5. The Morgan fingerprint density at radius 2 is 1.89 bits per heavy atom. The van der Waals surface area contributed by atoms with Gasteiger partial charge in [0.2, 0.25) is 5.91 Å². The minimum absolute atomic E-state index is 0.0314. The van der Waals surface area contributed by atoms with Gasteiger partial charge < -0.3 is 14.8 Å². The molecule has 2 N–H and O–H groups in total. The molecule has 3 atom stereocenters. The Balaban J connectivity index is 1.76. The van der Waals surface area contributed by atoms with Crippen LogP contribution in [0.2, 0.25) is 10.0 Å². The van der Waals surface area contributed by atoms with E-state index in [1.54, 1.807) is 25.1 Å². The zero-order chi connectivity index (χ0) is 26.6. The normalized spacial score (nSPS) is 19.8. The van der Waals surface area contributed by atoms with Crippen molar-refractivity contribution >= 4 is 35.1 Å². The van der Waals surface area contributed by atoms with Gasteiger partial charge in [-0.05, 0) is 29.5 Å². The van der Waals surface area contributed by atoms with Crippen LogP contribution in [0.4, 0.5) is 0 Å². The lowest BCUT2D eigenvalue weighted by Gasteiger charge is -2.22. The molecule has 1 aliphatic heterocycles. The highest BCUT2D eigenvalue weighted by molar-refractivity contribution is 6.36. The van der Waals surface area contributed by atoms with E-state index < -0.39 is 35.7 Å². The smallest absolute Gasteiger partial charge is 0.330 e. The van der Waals surface area contributed by atoms with Gasteiger partial charge in [0.05, 0.1) is 12.8 Å². The number of aromatic nitrogens is 2. The van der Waals surface area contributed by atoms with Crippen LogP contribution in [-0.4, -0.2) is 40.2 Å². The van der Waals surface area contributed by atoms with Crippen LogP contribution in [-0.2, 0) is 31.9 Å². The summed E-state index contributed by atoms with van der Waals surface area (Å²) in [5.74, 6) is -0.745. The molecule has 0 saturated carbocycles. The third kappa shape index (κ3) is 7.21. The first-order valence-electron chi connectivity index (χ1n) is 11.8. The van der Waals surface area contributed by atoms with Crippen LogP contribution in [0, 0.1) is 5.41 Å². The topological polar surface area (TPSA) is 119 Å². The molecular formula is C25H31Cl2N3O6. The summed E-state index contributed by atoms with van der Waals surface area (Å²) >= 11 is 12.3. The van der Waals surface area contributed by atoms with Crippen molar-refractivity contribution in [2.45, 2.75) is 71.8 Å². The van der Waals surface area contributed by atoms with Gasteiger partial charge >= 0.3 is 11.7 Å². The number of amides is 1. The SMILES string of the molecule is CCc1cn([C@H]2C[C@H](OC(=O)CC(C)(C)C)[C@@H](CNC(=O)Cc3c(Cl)cccc3Cl)O2)c(=O)[nH]c1=O. The Bertz CT molecular complexity index is 1210. The van der Waals surface area contributed by atoms with Crippen LogP contribution in [0.3, 0.4) is 0 Å². The number of benzene rings is 1. The summed E-state index contributed by atoms with van der Waals surface area (Å²) in [6.07, 6.45) is 0.0102. The van der Waals surface area contributed by atoms with Crippen molar-refractivity contribution in [3.8, 4) is 0 Å². The predicted octanol–water partition coefficient (Wildman–Crippen LogP) is 3.40. The highest BCUT2D eigenvalue weighted by Gasteiger charge is 2.40. The fraction of sp³-hybridized carbons (Fsp3) is 0.520. The molecule has 1 aromatic heterocycles. The minimum Gasteiger partial charge on any atom is -0.459 e. The van der Waals surface area contributed by atoms with Gasteiger partial charge in [-0.1, -0.05) is 57.0 Å². The number of nitrogens with zero attached hydrogens (tertiary/aromatic N) is 1. The highest BCUT2D eigenvalue weighted by Crippen LogP contribution is 2.31. The number of ether oxygens (including phenoxy) is 2. The standard InChI is InChI=1S/C25H31Cl2N3O6/c1-5-14-13-30(24(34)29-23(14)33)21-10-18(36-22(32)11-25(2,3)4)19(35-21)12-28-20(31)9-15-16(26)7-6-8-17(15)27/h6-8,13,18-19,21H,5,9-12H2,1-4H3,(H,28,31)(H,29,33,34)/t18-,19+,21+/m0/s1. The molecule has 0 radical (unpaired) electrons. The molecular weight excluding hydrogens is 509 g/mol. The molecule has 3 rings (SSSR count). The minimum atomic E-state index is -0.785. The molecule has 2 heterocycles. The zero-order valence-corrected chi connectivity index (χ0v) is 22.2. The number of halogens is 2. The van der Waals surface area contributed by atoms with Crippen LogP contribution < -0.4 is 16.6 Å². The van der Waals surface area contributed by atoms with E-state index in [4.69, 9.17) is 32.7 Å². The number of rotatable bonds is 8. The van der Waals surface area contributed by atoms with Gasteiger partial charge in [-0.15, -0.1) is 0 Å². The van der Waals surface area contributed by atoms with Gasteiger partial charge in [-0.3, -0.25) is 23.9 Å². The van der Waals surface area contributed by atoms with E-state index in [1.165, 1.54) is 10.8 Å². The van der Waals surface area contributed by atoms with E-state index >= 15 is 0 Å². The van der Waals surface area contributed by atoms with Crippen LogP contribution >= 0.6 is 23.2 Å². The number of nitrogens with one attached hydrogen (secondary N) is 2. The number of hydrogen-bond acceptors (Lipinski definition) is 6. The number of esters is 1. The van der Waals surface area contributed by atoms with Crippen LogP contribution in [0.1, 0.15) is 57.9 Å². The molecule has 11 heteroatoms. The summed E-state index contributed by atoms with van der Waals surface area (Å²) in [5, 5.41) is 3.54. The Kier molecular flexibility index (Phi) is 9.03. The van der Waals surface area contributed by atoms with Gasteiger partial charge in [0.1, 0.15) is 18.4 Å². The quantitative estimate of drug-likeness (QED) is 0.496. The fourth-order valence-electron chi connectivity index (χ4n) is 3.95. The maximum absolute atomic E-state index is 12.6. The molecule has 36 heavy (non-hydrogen) atoms. The van der Waals surface area contributed by atoms with Crippen molar-refractivity contribution < 1.29 is 19.1 Å². The molecule has 0 aliphatic carbocycles. The molecule has 0 spiro atoms. The van der Waals surface area contributed by atoms with Gasteiger partial charge in [0.25, 0.3) is 5.56 Å². The van der Waals surface area contributed by atoms with E-state index in [2.05, 4.69) is 10.3 Å². The van der Waals surface area contributed by atoms with Gasteiger partial charge in [0, 0.05) is 34.8 Å².